The van der Waals surface area contributed by atoms with Crippen LogP contribution in [-0.2, 0) is 0 Å². The van der Waals surface area contributed by atoms with E-state index >= 15 is 0 Å². The third-order valence-corrected chi connectivity index (χ3v) is 5.11. The fraction of sp³-hybridized carbons (Fsp3) is 0.333. The molecule has 1 aliphatic heterocycles. The van der Waals surface area contributed by atoms with Crippen LogP contribution in [0.3, 0.4) is 0 Å². The van der Waals surface area contributed by atoms with E-state index in [-0.39, 0.29) is 5.69 Å². The molecule has 0 atom stereocenters. The van der Waals surface area contributed by atoms with Gasteiger partial charge in [0.05, 0.1) is 21.7 Å². The molecule has 1 saturated heterocycles. The molecule has 0 radical (unpaired) electrons. The quantitative estimate of drug-likeness (QED) is 0.489. The number of non-ortho nitro benzene ring substituents is 1. The van der Waals surface area contributed by atoms with E-state index in [1.54, 1.807) is 18.3 Å². The monoisotopic (exact) mass is 365 g/mol. The predicted molar refractivity (Wildman–Crippen MR) is 97.5 cm³/mol. The van der Waals surface area contributed by atoms with Crippen LogP contribution in [0.2, 0.25) is 5.15 Å². The van der Waals surface area contributed by atoms with Crippen molar-refractivity contribution in [2.75, 3.05) is 23.4 Å². The van der Waals surface area contributed by atoms with Crippen molar-refractivity contribution in [2.45, 2.75) is 19.3 Å². The summed E-state index contributed by atoms with van der Waals surface area (Å²) in [5, 5.41) is 16.2. The second kappa shape index (κ2) is 7.59. The normalized spacial score (nSPS) is 15.0. The summed E-state index contributed by atoms with van der Waals surface area (Å²) in [6.45, 7) is 2.01. The number of nitro groups is 1. The molecule has 24 heavy (non-hydrogen) atoms. The minimum Gasteiger partial charge on any atom is -0.348 e. The van der Waals surface area contributed by atoms with E-state index in [1.165, 1.54) is 42.7 Å². The van der Waals surface area contributed by atoms with Gasteiger partial charge in [0.2, 0.25) is 0 Å². The Bertz CT molecular complexity index is 758. The molecule has 1 N–H and O–H groups in total. The van der Waals surface area contributed by atoms with Crippen molar-refractivity contribution >= 4 is 45.7 Å². The van der Waals surface area contributed by atoms with Crippen molar-refractivity contribution in [1.29, 1.82) is 0 Å². The number of hydrazone groups is 1. The second-order valence-electron chi connectivity index (χ2n) is 5.38. The van der Waals surface area contributed by atoms with Crippen LogP contribution in [-0.4, -0.2) is 29.2 Å². The van der Waals surface area contributed by atoms with Gasteiger partial charge in [-0.15, -0.1) is 0 Å². The summed E-state index contributed by atoms with van der Waals surface area (Å²) < 4.78 is 0. The molecule has 0 unspecified atom stereocenters. The zero-order valence-electron chi connectivity index (χ0n) is 12.8. The lowest BCUT2D eigenvalue weighted by molar-refractivity contribution is -0.384. The lowest BCUT2D eigenvalue weighted by Gasteiger charge is -2.25. The van der Waals surface area contributed by atoms with Gasteiger partial charge >= 0.3 is 0 Å². The van der Waals surface area contributed by atoms with Crippen LogP contribution in [0.15, 0.2) is 29.4 Å². The third kappa shape index (κ3) is 4.01. The first kappa shape index (κ1) is 16.7. The number of thiazole rings is 1. The number of anilines is 2. The number of rotatable bonds is 5. The number of hydrogen-bond acceptors (Lipinski definition) is 7. The Morgan fingerprint density at radius 3 is 2.92 bits per heavy atom. The Hall–Kier alpha value is -2.19. The topological polar surface area (TPSA) is 83.7 Å². The summed E-state index contributed by atoms with van der Waals surface area (Å²) in [6.07, 6.45) is 5.20. The van der Waals surface area contributed by atoms with Crippen LogP contribution >= 0.6 is 22.9 Å². The average molecular weight is 366 g/mol. The maximum absolute atomic E-state index is 10.8. The van der Waals surface area contributed by atoms with Gasteiger partial charge in [-0.1, -0.05) is 29.0 Å². The molecule has 1 fully saturated rings. The number of nitrogens with zero attached hydrogens (tertiary/aromatic N) is 4. The SMILES string of the molecule is O=[N+]([O-])c1cccc(N/N=C\c2sc(N3CCCCC3)nc2Cl)c1. The van der Waals surface area contributed by atoms with Gasteiger partial charge in [0.1, 0.15) is 0 Å². The largest absolute Gasteiger partial charge is 0.348 e. The highest BCUT2D eigenvalue weighted by Crippen LogP contribution is 2.30. The van der Waals surface area contributed by atoms with Gasteiger partial charge in [0, 0.05) is 25.2 Å². The van der Waals surface area contributed by atoms with E-state index in [9.17, 15) is 10.1 Å². The average Bonchev–Trinajstić information content (AvgIpc) is 2.97. The van der Waals surface area contributed by atoms with Crippen LogP contribution in [0.4, 0.5) is 16.5 Å². The van der Waals surface area contributed by atoms with Crippen molar-refractivity contribution in [1.82, 2.24) is 4.98 Å². The zero-order chi connectivity index (χ0) is 16.9. The maximum atomic E-state index is 10.8. The van der Waals surface area contributed by atoms with E-state index in [4.69, 9.17) is 11.6 Å². The third-order valence-electron chi connectivity index (χ3n) is 3.66. The smallest absolute Gasteiger partial charge is 0.271 e. The van der Waals surface area contributed by atoms with E-state index in [2.05, 4.69) is 20.4 Å². The van der Waals surface area contributed by atoms with E-state index in [1.807, 2.05) is 0 Å². The minimum absolute atomic E-state index is 0.0124. The lowest BCUT2D eigenvalue weighted by atomic mass is 10.1. The fourth-order valence-corrected chi connectivity index (χ4v) is 3.63. The molecule has 126 valence electrons. The maximum Gasteiger partial charge on any atom is 0.271 e. The van der Waals surface area contributed by atoms with Crippen molar-refractivity contribution in [3.8, 4) is 0 Å². The standard InChI is InChI=1S/C15H16ClN5O2S/c16-14-13(24-15(18-14)20-7-2-1-3-8-20)10-17-19-11-5-4-6-12(9-11)21(22)23/h4-6,9-10,19H,1-3,7-8H2/b17-10-. The molecule has 1 aliphatic rings. The highest BCUT2D eigenvalue weighted by atomic mass is 35.5. The predicted octanol–water partition coefficient (Wildman–Crippen LogP) is 4.14. The molecule has 9 heteroatoms. The Balaban J connectivity index is 1.67. The molecule has 0 spiro atoms. The molecule has 2 aromatic rings. The molecule has 1 aromatic carbocycles. The first-order valence-electron chi connectivity index (χ1n) is 7.58. The Kier molecular flexibility index (Phi) is 5.27. The Labute approximate surface area is 148 Å². The van der Waals surface area contributed by atoms with Crippen LogP contribution in [0.5, 0.6) is 0 Å². The number of aromatic nitrogens is 1. The molecule has 2 heterocycles. The van der Waals surface area contributed by atoms with Crippen LogP contribution in [0.1, 0.15) is 24.1 Å². The highest BCUT2D eigenvalue weighted by molar-refractivity contribution is 7.17. The number of halogens is 1. The molecule has 1 aromatic heterocycles. The number of hydrogen-bond donors (Lipinski definition) is 1. The summed E-state index contributed by atoms with van der Waals surface area (Å²) >= 11 is 7.67. The van der Waals surface area contributed by atoms with Gasteiger partial charge in [-0.2, -0.15) is 5.10 Å². The number of piperidine rings is 1. The van der Waals surface area contributed by atoms with Crippen molar-refractivity contribution < 1.29 is 4.92 Å². The first-order chi connectivity index (χ1) is 11.6. The molecule has 0 saturated carbocycles. The molecule has 7 nitrogen and oxygen atoms in total. The summed E-state index contributed by atoms with van der Waals surface area (Å²) in [6, 6.07) is 6.16. The van der Waals surface area contributed by atoms with Gasteiger partial charge in [-0.25, -0.2) is 4.98 Å². The second-order valence-corrected chi connectivity index (χ2v) is 6.74. The summed E-state index contributed by atoms with van der Waals surface area (Å²) in [5.74, 6) is 0. The van der Waals surface area contributed by atoms with Crippen molar-refractivity contribution in [3.63, 3.8) is 0 Å². The molecule has 0 bridgehead atoms. The molecule has 3 rings (SSSR count). The number of nitro benzene ring substituents is 1. The lowest BCUT2D eigenvalue weighted by Crippen LogP contribution is -2.29. The van der Waals surface area contributed by atoms with Gasteiger partial charge in [0.25, 0.3) is 5.69 Å². The van der Waals surface area contributed by atoms with E-state index in [0.29, 0.717) is 10.8 Å². The zero-order valence-corrected chi connectivity index (χ0v) is 14.4. The molecular formula is C15H16ClN5O2S. The van der Waals surface area contributed by atoms with Crippen molar-refractivity contribution in [3.05, 3.63) is 44.4 Å². The van der Waals surface area contributed by atoms with Crippen LogP contribution in [0.25, 0.3) is 0 Å². The molecule has 0 aliphatic carbocycles. The number of nitrogens with one attached hydrogen (secondary N) is 1. The first-order valence-corrected chi connectivity index (χ1v) is 8.78. The minimum atomic E-state index is -0.445. The van der Waals surface area contributed by atoms with Crippen molar-refractivity contribution in [2.24, 2.45) is 5.10 Å². The van der Waals surface area contributed by atoms with E-state index in [0.717, 1.165) is 23.1 Å². The van der Waals surface area contributed by atoms with Crippen LogP contribution in [0, 0.1) is 10.1 Å². The van der Waals surface area contributed by atoms with Gasteiger partial charge in [0.15, 0.2) is 10.3 Å². The van der Waals surface area contributed by atoms with Gasteiger partial charge in [-0.3, -0.25) is 15.5 Å². The highest BCUT2D eigenvalue weighted by Gasteiger charge is 2.16. The van der Waals surface area contributed by atoms with Gasteiger partial charge in [-0.05, 0) is 25.3 Å². The molecular weight excluding hydrogens is 350 g/mol. The Morgan fingerprint density at radius 2 is 2.17 bits per heavy atom. The summed E-state index contributed by atoms with van der Waals surface area (Å²) in [7, 11) is 0. The van der Waals surface area contributed by atoms with E-state index < -0.39 is 4.92 Å². The van der Waals surface area contributed by atoms with Crippen LogP contribution < -0.4 is 10.3 Å². The Morgan fingerprint density at radius 1 is 1.38 bits per heavy atom. The van der Waals surface area contributed by atoms with Gasteiger partial charge < -0.3 is 4.90 Å². The molecule has 0 amide bonds. The fourth-order valence-electron chi connectivity index (χ4n) is 2.46. The number of benzene rings is 1. The summed E-state index contributed by atoms with van der Waals surface area (Å²) in [4.78, 5) is 17.7. The summed E-state index contributed by atoms with van der Waals surface area (Å²) in [5.41, 5.74) is 3.33.